The number of carbonyl (C=O) groups is 1. The Bertz CT molecular complexity index is 322. The molecule has 1 rings (SSSR count). The van der Waals surface area contributed by atoms with E-state index in [1.54, 1.807) is 18.7 Å². The first kappa shape index (κ1) is 11.8. The maximum absolute atomic E-state index is 11.0. The van der Waals surface area contributed by atoms with Gasteiger partial charge < -0.3 is 10.5 Å². The quantitative estimate of drug-likeness (QED) is 0.679. The Kier molecular flexibility index (Phi) is 3.74. The fourth-order valence-electron chi connectivity index (χ4n) is 0.872. The Morgan fingerprint density at radius 1 is 1.62 bits per heavy atom. The second-order valence-corrected chi connectivity index (χ2v) is 2.46. The molecule has 5 nitrogen and oxygen atoms in total. The van der Waals surface area contributed by atoms with Crippen LogP contribution in [0.2, 0.25) is 0 Å². The molecule has 0 amide bonds. The van der Waals surface area contributed by atoms with Crippen LogP contribution in [0.1, 0.15) is 16.2 Å². The highest BCUT2D eigenvalue weighted by molar-refractivity contribution is 5.93. The Labute approximate surface area is 82.3 Å². The molecule has 0 aliphatic carbocycles. The van der Waals surface area contributed by atoms with E-state index in [0.29, 0.717) is 5.69 Å². The molecule has 0 aliphatic heterocycles. The summed E-state index contributed by atoms with van der Waals surface area (Å²) in [4.78, 5) is 11.0. The minimum absolute atomic E-state index is 0. The molecule has 1 heterocycles. The Morgan fingerprint density at radius 2 is 2.15 bits per heavy atom. The largest absolute Gasteiger partial charge is 0.464 e. The molecule has 0 aliphatic rings. The van der Waals surface area contributed by atoms with Gasteiger partial charge in [-0.25, -0.2) is 4.79 Å². The van der Waals surface area contributed by atoms with E-state index in [1.807, 2.05) is 0 Å². The van der Waals surface area contributed by atoms with Crippen molar-refractivity contribution in [2.45, 2.75) is 6.92 Å². The monoisotopic (exact) mass is 205 g/mol. The summed E-state index contributed by atoms with van der Waals surface area (Å²) in [7, 11) is 3.02. The molecule has 0 radical (unpaired) electrons. The molecule has 0 atom stereocenters. The number of anilines is 1. The third-order valence-corrected chi connectivity index (χ3v) is 1.76. The summed E-state index contributed by atoms with van der Waals surface area (Å²) >= 11 is 0. The predicted molar refractivity (Wildman–Crippen MR) is 50.9 cm³/mol. The van der Waals surface area contributed by atoms with E-state index in [0.717, 1.165) is 5.69 Å². The van der Waals surface area contributed by atoms with E-state index >= 15 is 0 Å². The summed E-state index contributed by atoms with van der Waals surface area (Å²) < 4.78 is 6.03. The van der Waals surface area contributed by atoms with Gasteiger partial charge in [-0.05, 0) is 6.92 Å². The van der Waals surface area contributed by atoms with Crippen LogP contribution in [0.15, 0.2) is 0 Å². The molecule has 6 heteroatoms. The number of hydrogen-bond acceptors (Lipinski definition) is 4. The number of halogens is 1. The molecule has 1 aromatic heterocycles. The molecule has 0 fully saturated rings. The van der Waals surface area contributed by atoms with Crippen LogP contribution in [-0.2, 0) is 11.8 Å². The average Bonchev–Trinajstić information content (AvgIpc) is 2.32. The van der Waals surface area contributed by atoms with Crippen molar-refractivity contribution >= 4 is 24.1 Å². The van der Waals surface area contributed by atoms with Crippen LogP contribution < -0.4 is 5.73 Å². The summed E-state index contributed by atoms with van der Waals surface area (Å²) in [6, 6.07) is 0. The van der Waals surface area contributed by atoms with E-state index in [9.17, 15) is 4.79 Å². The second kappa shape index (κ2) is 4.13. The molecule has 0 aromatic carbocycles. The predicted octanol–water partition coefficient (Wildman–Crippen LogP) is 0.519. The van der Waals surface area contributed by atoms with Crippen molar-refractivity contribution in [1.82, 2.24) is 9.78 Å². The van der Waals surface area contributed by atoms with Crippen molar-refractivity contribution in [2.75, 3.05) is 12.8 Å². The summed E-state index contributed by atoms with van der Waals surface area (Å²) in [5.41, 5.74) is 6.91. The lowest BCUT2D eigenvalue weighted by atomic mass is 10.3. The normalized spacial score (nSPS) is 9.15. The highest BCUT2D eigenvalue weighted by Gasteiger charge is 2.16. The van der Waals surface area contributed by atoms with Crippen LogP contribution in [0, 0.1) is 6.92 Å². The number of aryl methyl sites for hydroxylation is 1. The number of carbonyl (C=O) groups excluding carboxylic acids is 1. The first-order valence-corrected chi connectivity index (χ1v) is 3.45. The molecular formula is C7H12ClN3O2. The lowest BCUT2D eigenvalue weighted by Crippen LogP contribution is -2.05. The number of nitrogen functional groups attached to an aromatic ring is 1. The average molecular weight is 206 g/mol. The van der Waals surface area contributed by atoms with Gasteiger partial charge in [0.15, 0.2) is 5.69 Å². The first-order valence-electron chi connectivity index (χ1n) is 3.45. The molecule has 13 heavy (non-hydrogen) atoms. The molecular weight excluding hydrogens is 194 g/mol. The second-order valence-electron chi connectivity index (χ2n) is 2.46. The minimum atomic E-state index is -0.504. The van der Waals surface area contributed by atoms with Crippen LogP contribution in [0.3, 0.4) is 0 Å². The lowest BCUT2D eigenvalue weighted by molar-refractivity contribution is 0.0594. The van der Waals surface area contributed by atoms with Gasteiger partial charge in [-0.15, -0.1) is 12.4 Å². The highest BCUT2D eigenvalue weighted by atomic mass is 35.5. The molecule has 0 spiro atoms. The molecule has 74 valence electrons. The number of ether oxygens (including phenoxy) is 1. The molecule has 0 bridgehead atoms. The van der Waals surface area contributed by atoms with Gasteiger partial charge in [0.05, 0.1) is 18.5 Å². The van der Waals surface area contributed by atoms with E-state index in [-0.39, 0.29) is 18.1 Å². The van der Waals surface area contributed by atoms with Gasteiger partial charge in [0, 0.05) is 7.05 Å². The zero-order valence-corrected chi connectivity index (χ0v) is 8.51. The topological polar surface area (TPSA) is 70.1 Å². The van der Waals surface area contributed by atoms with Gasteiger partial charge in [-0.2, -0.15) is 5.10 Å². The highest BCUT2D eigenvalue weighted by Crippen LogP contribution is 2.15. The smallest absolute Gasteiger partial charge is 0.360 e. The van der Waals surface area contributed by atoms with Crippen molar-refractivity contribution in [3.05, 3.63) is 11.4 Å². The van der Waals surface area contributed by atoms with Crippen LogP contribution in [0.25, 0.3) is 0 Å². The number of hydrogen-bond donors (Lipinski definition) is 1. The van der Waals surface area contributed by atoms with Gasteiger partial charge in [0.1, 0.15) is 0 Å². The Hall–Kier alpha value is -1.23. The summed E-state index contributed by atoms with van der Waals surface area (Å²) in [5.74, 6) is -0.504. The zero-order valence-electron chi connectivity index (χ0n) is 7.70. The number of aromatic nitrogens is 2. The number of nitrogens with two attached hydrogens (primary N) is 1. The fourth-order valence-corrected chi connectivity index (χ4v) is 0.872. The van der Waals surface area contributed by atoms with Crippen molar-refractivity contribution in [1.29, 1.82) is 0 Å². The van der Waals surface area contributed by atoms with Gasteiger partial charge in [-0.1, -0.05) is 0 Å². The van der Waals surface area contributed by atoms with Gasteiger partial charge in [-0.3, -0.25) is 4.68 Å². The number of rotatable bonds is 1. The zero-order chi connectivity index (χ0) is 9.30. The molecule has 0 saturated heterocycles. The van der Waals surface area contributed by atoms with Crippen molar-refractivity contribution in [3.63, 3.8) is 0 Å². The van der Waals surface area contributed by atoms with E-state index in [2.05, 4.69) is 9.84 Å². The number of esters is 1. The van der Waals surface area contributed by atoms with Crippen molar-refractivity contribution in [3.8, 4) is 0 Å². The number of methoxy groups -OCH3 is 1. The third-order valence-electron chi connectivity index (χ3n) is 1.76. The van der Waals surface area contributed by atoms with Gasteiger partial charge in [0.2, 0.25) is 0 Å². The Balaban J connectivity index is 0.00000144. The third kappa shape index (κ3) is 1.92. The summed E-state index contributed by atoms with van der Waals surface area (Å²) in [5, 5.41) is 3.90. The molecule has 0 unspecified atom stereocenters. The van der Waals surface area contributed by atoms with Crippen LogP contribution >= 0.6 is 12.4 Å². The van der Waals surface area contributed by atoms with E-state index < -0.39 is 5.97 Å². The van der Waals surface area contributed by atoms with E-state index in [4.69, 9.17) is 5.73 Å². The summed E-state index contributed by atoms with van der Waals surface area (Å²) in [6.45, 7) is 1.79. The van der Waals surface area contributed by atoms with Crippen molar-refractivity contribution < 1.29 is 9.53 Å². The maximum atomic E-state index is 11.0. The lowest BCUT2D eigenvalue weighted by Gasteiger charge is -1.93. The SMILES string of the molecule is COC(=O)c1nn(C)c(C)c1N.Cl. The minimum Gasteiger partial charge on any atom is -0.464 e. The van der Waals surface area contributed by atoms with Gasteiger partial charge >= 0.3 is 5.97 Å². The summed E-state index contributed by atoms with van der Waals surface area (Å²) in [6.07, 6.45) is 0. The van der Waals surface area contributed by atoms with Gasteiger partial charge in [0.25, 0.3) is 0 Å². The molecule has 0 saturated carbocycles. The fraction of sp³-hybridized carbons (Fsp3) is 0.429. The number of nitrogens with zero attached hydrogens (tertiary/aromatic N) is 2. The maximum Gasteiger partial charge on any atom is 0.360 e. The van der Waals surface area contributed by atoms with Crippen LogP contribution in [-0.4, -0.2) is 22.9 Å². The van der Waals surface area contributed by atoms with Crippen LogP contribution in [0.4, 0.5) is 5.69 Å². The standard InChI is InChI=1S/C7H11N3O2.ClH/c1-4-5(8)6(7(11)12-3)9-10(4)2;/h8H2,1-3H3;1H. The van der Waals surface area contributed by atoms with Crippen molar-refractivity contribution in [2.24, 2.45) is 7.05 Å². The molecule has 2 N–H and O–H groups in total. The van der Waals surface area contributed by atoms with E-state index in [1.165, 1.54) is 7.11 Å². The Morgan fingerprint density at radius 3 is 2.46 bits per heavy atom. The van der Waals surface area contributed by atoms with Crippen LogP contribution in [0.5, 0.6) is 0 Å². The molecule has 1 aromatic rings. The first-order chi connectivity index (χ1) is 5.57.